The molecular formula is C31H50O19. The summed E-state index contributed by atoms with van der Waals surface area (Å²) in [5.41, 5.74) is 0. The molecule has 0 spiro atoms. The van der Waals surface area contributed by atoms with E-state index in [-0.39, 0.29) is 38.0 Å². The predicted octanol–water partition coefficient (Wildman–Crippen LogP) is -5.08. The summed E-state index contributed by atoms with van der Waals surface area (Å²) in [6.45, 7) is -1.47. The first-order valence-corrected chi connectivity index (χ1v) is 16.9. The number of aliphatic hydroxyl groups excluding tert-OH is 10. The van der Waals surface area contributed by atoms with E-state index in [1.54, 1.807) is 0 Å². The standard InChI is InChI=1S/C31H50O19/c1-44-21(37)8-22(38)45-10-20-24(40)29(50-30-26(42)25(41)23(39)19(9-32)48-30)27(43)31(49-20)47-18-7-13-15(35)5-12(33)6-17(13)46-28(18)11-2-3-14(34)16(36)4-11/h11-20,23-36,39-43H,2-10H2,1H3. The number of fused-ring (bicyclic) bond motifs is 1. The third kappa shape index (κ3) is 8.75. The number of hydrogen-bond acceptors (Lipinski definition) is 19. The van der Waals surface area contributed by atoms with Crippen LogP contribution in [-0.4, -0.2) is 187 Å². The highest BCUT2D eigenvalue weighted by molar-refractivity contribution is 5.91. The largest absolute Gasteiger partial charge is 0.469 e. The van der Waals surface area contributed by atoms with Gasteiger partial charge in [-0.1, -0.05) is 0 Å². The summed E-state index contributed by atoms with van der Waals surface area (Å²) < 4.78 is 39.4. The number of carbonyl (C=O) groups is 2. The van der Waals surface area contributed by atoms with Crippen molar-refractivity contribution >= 4 is 11.9 Å². The van der Waals surface area contributed by atoms with Crippen LogP contribution in [0.4, 0.5) is 0 Å². The van der Waals surface area contributed by atoms with Crippen molar-refractivity contribution in [1.29, 1.82) is 0 Å². The van der Waals surface area contributed by atoms with Crippen LogP contribution < -0.4 is 0 Å². The van der Waals surface area contributed by atoms with Gasteiger partial charge in [0.05, 0.1) is 56.4 Å². The molecule has 5 fully saturated rings. The van der Waals surface area contributed by atoms with E-state index >= 15 is 0 Å². The van der Waals surface area contributed by atoms with E-state index in [1.807, 2.05) is 0 Å². The van der Waals surface area contributed by atoms with Gasteiger partial charge >= 0.3 is 11.9 Å². The second-order valence-corrected chi connectivity index (χ2v) is 13.9. The number of rotatable bonds is 10. The van der Waals surface area contributed by atoms with Gasteiger partial charge in [0.15, 0.2) is 12.6 Å². The van der Waals surface area contributed by atoms with Gasteiger partial charge in [-0.05, 0) is 44.4 Å². The molecule has 0 radical (unpaired) electrons. The van der Waals surface area contributed by atoms with Gasteiger partial charge in [0.1, 0.15) is 61.9 Å². The Bertz CT molecular complexity index is 1130. The molecule has 0 aromatic heterocycles. The minimum absolute atomic E-state index is 0.0963. The zero-order valence-corrected chi connectivity index (χ0v) is 27.5. The number of methoxy groups -OCH3 is 1. The van der Waals surface area contributed by atoms with Crippen LogP contribution in [0.25, 0.3) is 0 Å². The van der Waals surface area contributed by atoms with Crippen LogP contribution in [-0.2, 0) is 42.7 Å². The Labute approximate surface area is 287 Å². The van der Waals surface area contributed by atoms with Crippen LogP contribution in [0, 0.1) is 11.8 Å². The Balaban J connectivity index is 1.39. The lowest BCUT2D eigenvalue weighted by Gasteiger charge is -2.51. The number of aliphatic hydroxyl groups is 10. The summed E-state index contributed by atoms with van der Waals surface area (Å²) in [4.78, 5) is 23.8. The molecule has 5 rings (SSSR count). The van der Waals surface area contributed by atoms with Crippen molar-refractivity contribution in [3.05, 3.63) is 0 Å². The first kappa shape index (κ1) is 39.5. The lowest BCUT2D eigenvalue weighted by molar-refractivity contribution is -0.370. The van der Waals surface area contributed by atoms with Crippen LogP contribution >= 0.6 is 0 Å². The fourth-order valence-electron chi connectivity index (χ4n) is 7.64. The Morgan fingerprint density at radius 1 is 0.680 bits per heavy atom. The third-order valence-electron chi connectivity index (χ3n) is 10.5. The summed E-state index contributed by atoms with van der Waals surface area (Å²) in [7, 11) is 1.07. The van der Waals surface area contributed by atoms with E-state index in [0.29, 0.717) is 6.42 Å². The Morgan fingerprint density at radius 2 is 1.38 bits per heavy atom. The second-order valence-electron chi connectivity index (χ2n) is 13.9. The number of ether oxygens (including phenoxy) is 7. The third-order valence-corrected chi connectivity index (χ3v) is 10.5. The summed E-state index contributed by atoms with van der Waals surface area (Å²) in [5.74, 6) is -2.78. The molecule has 288 valence electrons. The molecule has 2 aliphatic carbocycles. The van der Waals surface area contributed by atoms with Gasteiger partial charge < -0.3 is 84.2 Å². The van der Waals surface area contributed by atoms with Crippen molar-refractivity contribution in [1.82, 2.24) is 0 Å². The second kappa shape index (κ2) is 17.0. The lowest BCUT2D eigenvalue weighted by atomic mass is 9.72. The van der Waals surface area contributed by atoms with Gasteiger partial charge in [-0.15, -0.1) is 0 Å². The lowest BCUT2D eigenvalue weighted by Crippen LogP contribution is -2.66. The van der Waals surface area contributed by atoms with Crippen LogP contribution in [0.3, 0.4) is 0 Å². The van der Waals surface area contributed by atoms with Gasteiger partial charge in [0.2, 0.25) is 0 Å². The number of carbonyl (C=O) groups excluding carboxylic acids is 2. The van der Waals surface area contributed by atoms with Crippen molar-refractivity contribution < 1.29 is 93.8 Å². The molecule has 0 bridgehead atoms. The first-order valence-electron chi connectivity index (χ1n) is 16.9. The van der Waals surface area contributed by atoms with Gasteiger partial charge in [0, 0.05) is 5.92 Å². The smallest absolute Gasteiger partial charge is 0.317 e. The zero-order valence-electron chi connectivity index (χ0n) is 27.5. The highest BCUT2D eigenvalue weighted by Gasteiger charge is 2.54. The van der Waals surface area contributed by atoms with Gasteiger partial charge in [-0.3, -0.25) is 9.59 Å². The minimum atomic E-state index is -1.91. The molecule has 3 aliphatic heterocycles. The fourth-order valence-corrected chi connectivity index (χ4v) is 7.64. The summed E-state index contributed by atoms with van der Waals surface area (Å²) in [6.07, 6.45) is -22.7. The predicted molar refractivity (Wildman–Crippen MR) is 159 cm³/mol. The molecular weight excluding hydrogens is 676 g/mol. The van der Waals surface area contributed by atoms with E-state index in [9.17, 15) is 60.7 Å². The van der Waals surface area contributed by atoms with E-state index in [4.69, 9.17) is 28.4 Å². The van der Waals surface area contributed by atoms with E-state index in [0.717, 1.165) is 7.11 Å². The zero-order chi connectivity index (χ0) is 36.4. The van der Waals surface area contributed by atoms with E-state index < -0.39 is 142 Å². The summed E-state index contributed by atoms with van der Waals surface area (Å²) >= 11 is 0. The Morgan fingerprint density at radius 3 is 2.06 bits per heavy atom. The molecule has 19 nitrogen and oxygen atoms in total. The normalized spacial score (nSPS) is 48.3. The average Bonchev–Trinajstić information content (AvgIpc) is 3.08. The van der Waals surface area contributed by atoms with Crippen LogP contribution in [0.2, 0.25) is 0 Å². The van der Waals surface area contributed by atoms with Gasteiger partial charge in [0.25, 0.3) is 0 Å². The summed E-state index contributed by atoms with van der Waals surface area (Å²) in [5, 5.41) is 105. The van der Waals surface area contributed by atoms with Crippen LogP contribution in [0.5, 0.6) is 0 Å². The van der Waals surface area contributed by atoms with Crippen molar-refractivity contribution in [2.24, 2.45) is 11.8 Å². The molecule has 3 saturated heterocycles. The summed E-state index contributed by atoms with van der Waals surface area (Å²) in [6, 6.07) is 0. The molecule has 3 heterocycles. The van der Waals surface area contributed by atoms with Crippen molar-refractivity contribution in [3.63, 3.8) is 0 Å². The van der Waals surface area contributed by atoms with Crippen LogP contribution in [0.1, 0.15) is 44.9 Å². The van der Waals surface area contributed by atoms with E-state index in [2.05, 4.69) is 4.74 Å². The molecule has 5 aliphatic rings. The molecule has 19 atom stereocenters. The topological polar surface area (TPSA) is 301 Å². The molecule has 19 heteroatoms. The van der Waals surface area contributed by atoms with E-state index in [1.165, 1.54) is 0 Å². The molecule has 0 amide bonds. The quantitative estimate of drug-likeness (QED) is 0.0744. The Kier molecular flexibility index (Phi) is 13.4. The monoisotopic (exact) mass is 726 g/mol. The van der Waals surface area contributed by atoms with Crippen molar-refractivity contribution in [3.8, 4) is 0 Å². The number of hydrogen-bond donors (Lipinski definition) is 10. The molecule has 2 saturated carbocycles. The maximum Gasteiger partial charge on any atom is 0.317 e. The Hall–Kier alpha value is -1.66. The maximum absolute atomic E-state index is 12.3. The fraction of sp³-hybridized carbons (Fsp3) is 0.935. The van der Waals surface area contributed by atoms with Gasteiger partial charge in [-0.2, -0.15) is 0 Å². The molecule has 10 N–H and O–H groups in total. The van der Waals surface area contributed by atoms with Crippen molar-refractivity contribution in [2.45, 2.75) is 149 Å². The van der Waals surface area contributed by atoms with Crippen molar-refractivity contribution in [2.75, 3.05) is 20.3 Å². The molecule has 0 aromatic carbocycles. The molecule has 0 aromatic rings. The molecule has 50 heavy (non-hydrogen) atoms. The maximum atomic E-state index is 12.3. The highest BCUT2D eigenvalue weighted by Crippen LogP contribution is 2.43. The number of esters is 2. The molecule has 19 unspecified atom stereocenters. The minimum Gasteiger partial charge on any atom is -0.469 e. The SMILES string of the molecule is COC(=O)CC(=O)OCC1OC(OC2CC3C(O)CC(O)CC3OC2C2CCC(O)C(O)C2)C(O)C(OC2OC(CO)C(O)C(O)C2O)C1O. The first-order chi connectivity index (χ1) is 23.7. The highest BCUT2D eigenvalue weighted by atomic mass is 16.7. The average molecular weight is 727 g/mol. The van der Waals surface area contributed by atoms with Gasteiger partial charge in [-0.25, -0.2) is 0 Å². The van der Waals surface area contributed by atoms with Crippen LogP contribution in [0.15, 0.2) is 0 Å².